The topological polar surface area (TPSA) is 66.4 Å². The third-order valence-corrected chi connectivity index (χ3v) is 5.83. The quantitative estimate of drug-likeness (QED) is 0.829. The van der Waals surface area contributed by atoms with Crippen LogP contribution in [0.15, 0.2) is 6.20 Å². The second-order valence-corrected chi connectivity index (χ2v) is 7.53. The maximum atomic E-state index is 12.7. The van der Waals surface area contributed by atoms with Crippen molar-refractivity contribution in [1.82, 2.24) is 19.8 Å². The lowest BCUT2D eigenvalue weighted by atomic mass is 9.94. The molecule has 3 heterocycles. The van der Waals surface area contributed by atoms with Crippen LogP contribution >= 0.6 is 0 Å². The van der Waals surface area contributed by atoms with Gasteiger partial charge in [-0.1, -0.05) is 13.8 Å². The lowest BCUT2D eigenvalue weighted by Crippen LogP contribution is -2.42. The van der Waals surface area contributed by atoms with Gasteiger partial charge in [-0.05, 0) is 25.7 Å². The minimum absolute atomic E-state index is 0.0996. The Morgan fingerprint density at radius 1 is 1.23 bits per heavy atom. The van der Waals surface area contributed by atoms with E-state index in [1.54, 1.807) is 6.92 Å². The molecule has 1 fully saturated rings. The first kappa shape index (κ1) is 18.8. The largest absolute Gasteiger partial charge is 0.342 e. The van der Waals surface area contributed by atoms with Crippen molar-refractivity contribution in [3.63, 3.8) is 0 Å². The second kappa shape index (κ2) is 8.14. The standard InChI is InChI=1S/C20H30N4O2/c1-4-15(5-2)20(26)24-9-6-7-16(12-24)19-21-11-17-13-23(14(3)25)10-8-18(17)22-19/h11,15-16H,4-10,12-13H2,1-3H3. The Bertz CT molecular complexity index is 672. The lowest BCUT2D eigenvalue weighted by molar-refractivity contribution is -0.137. The van der Waals surface area contributed by atoms with E-state index in [2.05, 4.69) is 18.8 Å². The summed E-state index contributed by atoms with van der Waals surface area (Å²) in [4.78, 5) is 37.6. The summed E-state index contributed by atoms with van der Waals surface area (Å²) in [5, 5.41) is 0. The molecular weight excluding hydrogens is 328 g/mol. The highest BCUT2D eigenvalue weighted by molar-refractivity contribution is 5.79. The number of likely N-dealkylation sites (tertiary alicyclic amines) is 1. The molecular formula is C20H30N4O2. The summed E-state index contributed by atoms with van der Waals surface area (Å²) in [6.07, 6.45) is 6.51. The molecule has 2 aliphatic heterocycles. The van der Waals surface area contributed by atoms with Crippen molar-refractivity contribution in [2.45, 2.75) is 65.3 Å². The number of carbonyl (C=O) groups excluding carboxylic acids is 2. The van der Waals surface area contributed by atoms with Crippen LogP contribution in [0.1, 0.15) is 69.5 Å². The zero-order valence-corrected chi connectivity index (χ0v) is 16.2. The molecule has 0 saturated carbocycles. The number of nitrogens with zero attached hydrogens (tertiary/aromatic N) is 4. The molecule has 6 nitrogen and oxygen atoms in total. The van der Waals surface area contributed by atoms with Gasteiger partial charge in [0.2, 0.25) is 11.8 Å². The fourth-order valence-corrected chi connectivity index (χ4v) is 4.08. The monoisotopic (exact) mass is 358 g/mol. The third-order valence-electron chi connectivity index (χ3n) is 5.83. The van der Waals surface area contributed by atoms with Gasteiger partial charge in [0.25, 0.3) is 0 Å². The normalized spacial score (nSPS) is 20.2. The zero-order chi connectivity index (χ0) is 18.7. The summed E-state index contributed by atoms with van der Waals surface area (Å²) in [6, 6.07) is 0. The number of carbonyl (C=O) groups is 2. The highest BCUT2D eigenvalue weighted by atomic mass is 16.2. The summed E-state index contributed by atoms with van der Waals surface area (Å²) in [7, 11) is 0. The number of aromatic nitrogens is 2. The molecule has 3 rings (SSSR count). The van der Waals surface area contributed by atoms with Crippen molar-refractivity contribution >= 4 is 11.8 Å². The molecule has 0 N–H and O–H groups in total. The number of hydrogen-bond donors (Lipinski definition) is 0. The van der Waals surface area contributed by atoms with Gasteiger partial charge >= 0.3 is 0 Å². The van der Waals surface area contributed by atoms with Crippen LogP contribution in [0.3, 0.4) is 0 Å². The predicted molar refractivity (Wildman–Crippen MR) is 99.5 cm³/mol. The molecule has 0 bridgehead atoms. The van der Waals surface area contributed by atoms with E-state index in [4.69, 9.17) is 4.98 Å². The van der Waals surface area contributed by atoms with E-state index in [0.717, 1.165) is 68.8 Å². The molecule has 6 heteroatoms. The van der Waals surface area contributed by atoms with Crippen LogP contribution in [0.4, 0.5) is 0 Å². The Labute approximate surface area is 156 Å². The molecule has 1 aromatic rings. The molecule has 0 spiro atoms. The van der Waals surface area contributed by atoms with Gasteiger partial charge in [0, 0.05) is 63.1 Å². The minimum atomic E-state index is 0.0996. The maximum absolute atomic E-state index is 12.7. The Kier molecular flexibility index (Phi) is 5.89. The summed E-state index contributed by atoms with van der Waals surface area (Å²) in [5.74, 6) is 1.60. The first-order chi connectivity index (χ1) is 12.5. The number of piperidine rings is 1. The smallest absolute Gasteiger partial charge is 0.225 e. The molecule has 1 aromatic heterocycles. The van der Waals surface area contributed by atoms with Crippen molar-refractivity contribution in [2.75, 3.05) is 19.6 Å². The van der Waals surface area contributed by atoms with E-state index in [9.17, 15) is 9.59 Å². The number of rotatable bonds is 4. The van der Waals surface area contributed by atoms with Crippen LogP contribution in [-0.4, -0.2) is 51.2 Å². The molecule has 0 aliphatic carbocycles. The molecule has 26 heavy (non-hydrogen) atoms. The van der Waals surface area contributed by atoms with Gasteiger partial charge in [0.15, 0.2) is 0 Å². The van der Waals surface area contributed by atoms with Gasteiger partial charge in [0.05, 0.1) is 5.69 Å². The highest BCUT2D eigenvalue weighted by Gasteiger charge is 2.30. The number of hydrogen-bond acceptors (Lipinski definition) is 4. The van der Waals surface area contributed by atoms with E-state index in [0.29, 0.717) is 6.54 Å². The summed E-state index contributed by atoms with van der Waals surface area (Å²) in [6.45, 7) is 8.69. The number of fused-ring (bicyclic) bond motifs is 1. The van der Waals surface area contributed by atoms with Gasteiger partial charge in [-0.15, -0.1) is 0 Å². The predicted octanol–water partition coefficient (Wildman–Crippen LogP) is 2.52. The van der Waals surface area contributed by atoms with Crippen LogP contribution in [0.25, 0.3) is 0 Å². The van der Waals surface area contributed by atoms with Crippen molar-refractivity contribution in [3.8, 4) is 0 Å². The number of amides is 2. The third kappa shape index (κ3) is 3.89. The molecule has 0 aromatic carbocycles. The molecule has 2 aliphatic rings. The van der Waals surface area contributed by atoms with Crippen LogP contribution in [0, 0.1) is 5.92 Å². The average molecular weight is 358 g/mol. The van der Waals surface area contributed by atoms with Crippen molar-refractivity contribution in [2.24, 2.45) is 5.92 Å². The Hall–Kier alpha value is -1.98. The van der Waals surface area contributed by atoms with Crippen LogP contribution < -0.4 is 0 Å². The van der Waals surface area contributed by atoms with Crippen LogP contribution in [0.2, 0.25) is 0 Å². The summed E-state index contributed by atoms with van der Waals surface area (Å²) >= 11 is 0. The molecule has 0 radical (unpaired) electrons. The molecule has 2 amide bonds. The van der Waals surface area contributed by atoms with E-state index in [1.807, 2.05) is 16.0 Å². The molecule has 1 unspecified atom stereocenters. The van der Waals surface area contributed by atoms with Gasteiger partial charge in [-0.25, -0.2) is 9.97 Å². The lowest BCUT2D eigenvalue weighted by Gasteiger charge is -2.34. The maximum Gasteiger partial charge on any atom is 0.225 e. The van der Waals surface area contributed by atoms with E-state index in [-0.39, 0.29) is 23.7 Å². The van der Waals surface area contributed by atoms with Gasteiger partial charge in [0.1, 0.15) is 5.82 Å². The molecule has 1 saturated heterocycles. The first-order valence-corrected chi connectivity index (χ1v) is 9.92. The highest BCUT2D eigenvalue weighted by Crippen LogP contribution is 2.28. The first-order valence-electron chi connectivity index (χ1n) is 9.92. The SMILES string of the molecule is CCC(CC)C(=O)N1CCCC(c2ncc3c(n2)CCN(C(C)=O)C3)C1. The van der Waals surface area contributed by atoms with E-state index in [1.165, 1.54) is 0 Å². The Morgan fingerprint density at radius 3 is 2.69 bits per heavy atom. The fourth-order valence-electron chi connectivity index (χ4n) is 4.08. The molecule has 142 valence electrons. The van der Waals surface area contributed by atoms with E-state index >= 15 is 0 Å². The summed E-state index contributed by atoms with van der Waals surface area (Å²) in [5.41, 5.74) is 2.12. The molecule has 1 atom stereocenters. The van der Waals surface area contributed by atoms with Crippen molar-refractivity contribution < 1.29 is 9.59 Å². The van der Waals surface area contributed by atoms with Gasteiger partial charge in [-0.2, -0.15) is 0 Å². The van der Waals surface area contributed by atoms with Crippen LogP contribution in [0.5, 0.6) is 0 Å². The average Bonchev–Trinajstić information content (AvgIpc) is 2.68. The van der Waals surface area contributed by atoms with Crippen molar-refractivity contribution in [3.05, 3.63) is 23.3 Å². The fraction of sp³-hybridized carbons (Fsp3) is 0.700. The summed E-state index contributed by atoms with van der Waals surface area (Å²) < 4.78 is 0. The zero-order valence-electron chi connectivity index (χ0n) is 16.2. The van der Waals surface area contributed by atoms with E-state index < -0.39 is 0 Å². The van der Waals surface area contributed by atoms with Crippen molar-refractivity contribution in [1.29, 1.82) is 0 Å². The van der Waals surface area contributed by atoms with Crippen LogP contribution in [-0.2, 0) is 22.6 Å². The minimum Gasteiger partial charge on any atom is -0.342 e. The Morgan fingerprint density at radius 2 is 2.00 bits per heavy atom. The van der Waals surface area contributed by atoms with Gasteiger partial charge in [-0.3, -0.25) is 9.59 Å². The second-order valence-electron chi connectivity index (χ2n) is 7.53. The Balaban J connectivity index is 1.71. The van der Waals surface area contributed by atoms with Gasteiger partial charge < -0.3 is 9.80 Å².